The molecule has 1 radical (unpaired) electrons. The second kappa shape index (κ2) is 2.11. The third-order valence-corrected chi connectivity index (χ3v) is 2.32. The molecule has 1 saturated carbocycles. The third-order valence-electron chi connectivity index (χ3n) is 2.32. The second-order valence-electron chi connectivity index (χ2n) is 2.95. The van der Waals surface area contributed by atoms with Crippen molar-refractivity contribution in [3.8, 4) is 0 Å². The first-order valence-corrected chi connectivity index (χ1v) is 3.78. The summed E-state index contributed by atoms with van der Waals surface area (Å²) in [4.78, 5) is 0. The van der Waals surface area contributed by atoms with Crippen molar-refractivity contribution in [3.63, 3.8) is 0 Å². The molecule has 1 aromatic rings. The summed E-state index contributed by atoms with van der Waals surface area (Å²) in [6.45, 7) is 0. The summed E-state index contributed by atoms with van der Waals surface area (Å²) in [5, 5.41) is 4.01. The van der Waals surface area contributed by atoms with Gasteiger partial charge in [0.2, 0.25) is 0 Å². The van der Waals surface area contributed by atoms with Gasteiger partial charge in [0.25, 0.3) is 0 Å². The Hall–Kier alpha value is -0.790. The lowest BCUT2D eigenvalue weighted by Crippen LogP contribution is -2.12. The minimum absolute atomic E-state index is 0.781. The summed E-state index contributed by atoms with van der Waals surface area (Å²) in [5.74, 6) is 0.781. The maximum Gasteiger partial charge on any atom is 0.113 e. The molecule has 1 aliphatic rings. The summed E-state index contributed by atoms with van der Waals surface area (Å²) in [6, 6.07) is 2.00. The Morgan fingerprint density at radius 3 is 2.90 bits per heavy atom. The van der Waals surface area contributed by atoms with Crippen LogP contribution in [0.15, 0.2) is 6.07 Å². The van der Waals surface area contributed by atoms with Gasteiger partial charge in [-0.15, -0.1) is 0 Å². The fourth-order valence-corrected chi connectivity index (χ4v) is 1.42. The summed E-state index contributed by atoms with van der Waals surface area (Å²) in [5.41, 5.74) is 1.35. The van der Waals surface area contributed by atoms with Crippen LogP contribution in [0.25, 0.3) is 0 Å². The lowest BCUT2D eigenvalue weighted by Gasteiger charge is -2.24. The van der Waals surface area contributed by atoms with Crippen LogP contribution in [0.5, 0.6) is 0 Å². The van der Waals surface area contributed by atoms with Gasteiger partial charge in [-0.3, -0.25) is 4.68 Å². The van der Waals surface area contributed by atoms with Crippen LogP contribution in [0.3, 0.4) is 0 Å². The van der Waals surface area contributed by atoms with Gasteiger partial charge < -0.3 is 0 Å². The molecule has 0 unspecified atom stereocenters. The Morgan fingerprint density at radius 1 is 1.70 bits per heavy atom. The van der Waals surface area contributed by atoms with E-state index in [-0.39, 0.29) is 0 Å². The molecule has 0 amide bonds. The Kier molecular flexibility index (Phi) is 1.26. The minimum atomic E-state index is 0.781. The first kappa shape index (κ1) is 5.96. The van der Waals surface area contributed by atoms with E-state index in [0.29, 0.717) is 0 Å². The largest absolute Gasteiger partial charge is 0.272 e. The lowest BCUT2D eigenvalue weighted by molar-refractivity contribution is 0.397. The van der Waals surface area contributed by atoms with E-state index >= 15 is 0 Å². The van der Waals surface area contributed by atoms with E-state index in [2.05, 4.69) is 11.3 Å². The van der Waals surface area contributed by atoms with Crippen molar-refractivity contribution >= 4 is 0 Å². The van der Waals surface area contributed by atoms with E-state index in [1.54, 1.807) is 0 Å². The van der Waals surface area contributed by atoms with Gasteiger partial charge in [-0.25, -0.2) is 0 Å². The Morgan fingerprint density at radius 2 is 2.50 bits per heavy atom. The van der Waals surface area contributed by atoms with E-state index in [1.165, 1.54) is 25.0 Å². The van der Waals surface area contributed by atoms with Crippen LogP contribution in [-0.4, -0.2) is 9.78 Å². The fraction of sp³-hybridized carbons (Fsp3) is 0.625. The maximum atomic E-state index is 4.01. The number of hydrogen-bond donors (Lipinski definition) is 0. The Bertz CT molecular complexity index is 223. The van der Waals surface area contributed by atoms with E-state index in [4.69, 9.17) is 0 Å². The molecule has 1 aliphatic carbocycles. The highest BCUT2D eigenvalue weighted by Gasteiger charge is 2.21. The predicted octanol–water partition coefficient (Wildman–Crippen LogP) is 1.49. The van der Waals surface area contributed by atoms with E-state index in [9.17, 15) is 0 Å². The van der Waals surface area contributed by atoms with Crippen molar-refractivity contribution in [1.82, 2.24) is 9.78 Å². The van der Waals surface area contributed by atoms with Gasteiger partial charge >= 0.3 is 0 Å². The van der Waals surface area contributed by atoms with Crippen molar-refractivity contribution in [2.24, 2.45) is 7.05 Å². The van der Waals surface area contributed by atoms with Crippen LogP contribution in [0.2, 0.25) is 0 Å². The molecule has 2 rings (SSSR count). The minimum Gasteiger partial charge on any atom is -0.272 e. The number of aryl methyl sites for hydroxylation is 1. The van der Waals surface area contributed by atoms with Crippen LogP contribution in [0.4, 0.5) is 0 Å². The first-order chi connectivity index (χ1) is 4.88. The number of aromatic nitrogens is 2. The third kappa shape index (κ3) is 0.753. The highest BCUT2D eigenvalue weighted by atomic mass is 15.3. The second-order valence-corrected chi connectivity index (χ2v) is 2.95. The van der Waals surface area contributed by atoms with Gasteiger partial charge in [0.1, 0.15) is 6.20 Å². The molecular weight excluding hydrogens is 124 g/mol. The summed E-state index contributed by atoms with van der Waals surface area (Å²) < 4.78 is 1.93. The van der Waals surface area contributed by atoms with Crippen LogP contribution in [-0.2, 0) is 7.05 Å². The fourth-order valence-electron chi connectivity index (χ4n) is 1.42. The molecule has 0 atom stereocenters. The van der Waals surface area contributed by atoms with E-state index < -0.39 is 0 Å². The first-order valence-electron chi connectivity index (χ1n) is 3.78. The van der Waals surface area contributed by atoms with Crippen LogP contribution < -0.4 is 0 Å². The van der Waals surface area contributed by atoms with E-state index in [0.717, 1.165) is 5.92 Å². The highest BCUT2D eigenvalue weighted by molar-refractivity contribution is 5.09. The topological polar surface area (TPSA) is 17.8 Å². The molecule has 0 saturated heterocycles. The van der Waals surface area contributed by atoms with Gasteiger partial charge in [0.05, 0.1) is 0 Å². The molecular formula is C8H11N2. The molecule has 1 heterocycles. The number of nitrogens with zero attached hydrogens (tertiary/aromatic N) is 2. The van der Waals surface area contributed by atoms with Crippen LogP contribution in [0.1, 0.15) is 30.9 Å². The molecule has 1 fully saturated rings. The molecule has 0 aliphatic heterocycles. The number of hydrogen-bond acceptors (Lipinski definition) is 1. The van der Waals surface area contributed by atoms with Crippen molar-refractivity contribution in [2.45, 2.75) is 25.2 Å². The van der Waals surface area contributed by atoms with Crippen molar-refractivity contribution in [1.29, 1.82) is 0 Å². The molecule has 10 heavy (non-hydrogen) atoms. The Labute approximate surface area is 60.9 Å². The molecule has 1 aromatic heterocycles. The monoisotopic (exact) mass is 135 g/mol. The zero-order valence-corrected chi connectivity index (χ0v) is 6.17. The standard InChI is InChI=1S/C8H11N2/c1-10-8(5-6-9-10)7-3-2-4-7/h5,7H,2-4H2,1H3. The maximum absolute atomic E-state index is 4.01. The van der Waals surface area contributed by atoms with Gasteiger partial charge in [0.15, 0.2) is 0 Å². The predicted molar refractivity (Wildman–Crippen MR) is 38.6 cm³/mol. The van der Waals surface area contributed by atoms with E-state index in [1.807, 2.05) is 17.8 Å². The summed E-state index contributed by atoms with van der Waals surface area (Å²) >= 11 is 0. The SMILES string of the molecule is Cn1n[c]cc1C1CCC1. The van der Waals surface area contributed by atoms with Gasteiger partial charge in [0, 0.05) is 18.7 Å². The average Bonchev–Trinajstić information content (AvgIpc) is 2.12. The average molecular weight is 135 g/mol. The van der Waals surface area contributed by atoms with Gasteiger partial charge in [-0.1, -0.05) is 6.42 Å². The summed E-state index contributed by atoms with van der Waals surface area (Å²) in [6.07, 6.45) is 6.93. The molecule has 2 nitrogen and oxygen atoms in total. The summed E-state index contributed by atoms with van der Waals surface area (Å²) in [7, 11) is 1.99. The van der Waals surface area contributed by atoms with Crippen molar-refractivity contribution in [2.75, 3.05) is 0 Å². The number of rotatable bonds is 1. The van der Waals surface area contributed by atoms with Gasteiger partial charge in [-0.05, 0) is 18.9 Å². The van der Waals surface area contributed by atoms with Crippen LogP contribution >= 0.6 is 0 Å². The zero-order valence-electron chi connectivity index (χ0n) is 6.17. The molecule has 0 N–H and O–H groups in total. The quantitative estimate of drug-likeness (QED) is 0.570. The molecule has 0 bridgehead atoms. The van der Waals surface area contributed by atoms with Crippen LogP contribution in [0, 0.1) is 6.20 Å². The molecule has 0 aromatic carbocycles. The lowest BCUT2D eigenvalue weighted by atomic mass is 9.83. The Balaban J connectivity index is 2.23. The van der Waals surface area contributed by atoms with Crippen molar-refractivity contribution in [3.05, 3.63) is 18.0 Å². The van der Waals surface area contributed by atoms with Gasteiger partial charge in [-0.2, -0.15) is 5.10 Å². The molecule has 0 spiro atoms. The molecule has 2 heteroatoms. The normalized spacial score (nSPS) is 18.9. The van der Waals surface area contributed by atoms with Crippen molar-refractivity contribution < 1.29 is 0 Å². The smallest absolute Gasteiger partial charge is 0.113 e. The molecule has 53 valence electrons. The zero-order chi connectivity index (χ0) is 6.97. The highest BCUT2D eigenvalue weighted by Crippen LogP contribution is 2.35.